The number of benzene rings is 2. The van der Waals surface area contributed by atoms with E-state index >= 15 is 0 Å². The van der Waals surface area contributed by atoms with Crippen molar-refractivity contribution in [3.63, 3.8) is 0 Å². The van der Waals surface area contributed by atoms with Crippen molar-refractivity contribution in [3.8, 4) is 5.75 Å². The number of halogens is 2. The van der Waals surface area contributed by atoms with Gasteiger partial charge in [-0.2, -0.15) is 8.78 Å². The van der Waals surface area contributed by atoms with Crippen molar-refractivity contribution in [2.45, 2.75) is 24.9 Å². The third-order valence-electron chi connectivity index (χ3n) is 3.39. The molecule has 0 atom stereocenters. The fourth-order valence-corrected chi connectivity index (χ4v) is 2.98. The summed E-state index contributed by atoms with van der Waals surface area (Å²) in [7, 11) is -3.28. The minimum Gasteiger partial charge on any atom is -0.435 e. The van der Waals surface area contributed by atoms with E-state index in [4.69, 9.17) is 0 Å². The lowest BCUT2D eigenvalue weighted by molar-refractivity contribution is -0.115. The molecule has 0 saturated carbocycles. The molecule has 25 heavy (non-hydrogen) atoms. The molecule has 0 radical (unpaired) electrons. The predicted molar refractivity (Wildman–Crippen MR) is 89.6 cm³/mol. The Morgan fingerprint density at radius 2 is 1.68 bits per heavy atom. The van der Waals surface area contributed by atoms with Crippen LogP contribution in [0.3, 0.4) is 0 Å². The number of ether oxygens (including phenoxy) is 1. The number of hydrogen-bond acceptors (Lipinski definition) is 4. The Morgan fingerprint density at radius 3 is 2.20 bits per heavy atom. The van der Waals surface area contributed by atoms with E-state index in [1.807, 2.05) is 0 Å². The molecule has 0 aromatic heterocycles. The molecule has 2 aromatic rings. The quantitative estimate of drug-likeness (QED) is 0.813. The van der Waals surface area contributed by atoms with Crippen LogP contribution < -0.4 is 10.1 Å². The summed E-state index contributed by atoms with van der Waals surface area (Å²) in [6.45, 7) is -1.34. The number of alkyl halides is 2. The van der Waals surface area contributed by atoms with Gasteiger partial charge in [0.15, 0.2) is 9.84 Å². The maximum atomic E-state index is 12.1. The molecule has 2 aromatic carbocycles. The van der Waals surface area contributed by atoms with Crippen LogP contribution in [0.2, 0.25) is 0 Å². The number of nitrogens with one attached hydrogen (secondary N) is 1. The zero-order valence-corrected chi connectivity index (χ0v) is 14.2. The van der Waals surface area contributed by atoms with Crippen LogP contribution in [0.5, 0.6) is 5.75 Å². The van der Waals surface area contributed by atoms with Crippen LogP contribution in [-0.2, 0) is 21.1 Å². The fraction of sp³-hybridized carbons (Fsp3) is 0.235. The van der Waals surface area contributed by atoms with Gasteiger partial charge >= 0.3 is 6.61 Å². The van der Waals surface area contributed by atoms with Crippen molar-refractivity contribution in [3.05, 3.63) is 54.1 Å². The number of hydrogen-bond donors (Lipinski definition) is 1. The highest BCUT2D eigenvalue weighted by atomic mass is 32.2. The minimum absolute atomic E-state index is 0.00394. The van der Waals surface area contributed by atoms with Gasteiger partial charge in [0, 0.05) is 5.69 Å². The van der Waals surface area contributed by atoms with Gasteiger partial charge in [0.05, 0.1) is 17.1 Å². The van der Waals surface area contributed by atoms with Gasteiger partial charge in [0.1, 0.15) is 5.75 Å². The van der Waals surface area contributed by atoms with Gasteiger partial charge in [-0.3, -0.25) is 4.79 Å². The van der Waals surface area contributed by atoms with E-state index in [1.54, 1.807) is 6.92 Å². The lowest BCUT2D eigenvalue weighted by Gasteiger charge is -2.08. The Morgan fingerprint density at radius 1 is 1.08 bits per heavy atom. The fourth-order valence-electron chi connectivity index (χ4n) is 2.09. The van der Waals surface area contributed by atoms with E-state index in [1.165, 1.54) is 48.5 Å². The van der Waals surface area contributed by atoms with Crippen LogP contribution in [0.25, 0.3) is 0 Å². The van der Waals surface area contributed by atoms with E-state index in [-0.39, 0.29) is 28.7 Å². The van der Waals surface area contributed by atoms with Gasteiger partial charge < -0.3 is 10.1 Å². The van der Waals surface area contributed by atoms with Crippen molar-refractivity contribution in [1.82, 2.24) is 0 Å². The summed E-state index contributed by atoms with van der Waals surface area (Å²) in [6.07, 6.45) is 0.0456. The lowest BCUT2D eigenvalue weighted by Crippen LogP contribution is -2.14. The second-order valence-corrected chi connectivity index (χ2v) is 7.45. The average molecular weight is 369 g/mol. The van der Waals surface area contributed by atoms with Crippen molar-refractivity contribution in [2.24, 2.45) is 0 Å². The van der Waals surface area contributed by atoms with Crippen LogP contribution in [0, 0.1) is 0 Å². The SMILES string of the molecule is CCS(=O)(=O)c1ccc(NC(=O)Cc2ccc(OC(F)F)cc2)cc1. The molecule has 8 heteroatoms. The number of carbonyl (C=O) groups is 1. The van der Waals surface area contributed by atoms with Gasteiger partial charge in [-0.25, -0.2) is 8.42 Å². The summed E-state index contributed by atoms with van der Waals surface area (Å²) < 4.78 is 51.8. The van der Waals surface area contributed by atoms with Crippen LogP contribution in [0.1, 0.15) is 12.5 Å². The number of amides is 1. The Kier molecular flexibility index (Phi) is 6.08. The molecule has 0 saturated heterocycles. The molecule has 5 nitrogen and oxygen atoms in total. The average Bonchev–Trinajstić information content (AvgIpc) is 2.56. The van der Waals surface area contributed by atoms with Gasteiger partial charge in [0.2, 0.25) is 5.91 Å². The second-order valence-electron chi connectivity index (χ2n) is 5.18. The molecule has 0 heterocycles. The number of sulfone groups is 1. The standard InChI is InChI=1S/C17H17F2NO4S/c1-2-25(22,23)15-9-5-13(6-10-15)20-16(21)11-12-3-7-14(8-4-12)24-17(18)19/h3-10,17H,2,11H2,1H3,(H,20,21). The zero-order valence-electron chi connectivity index (χ0n) is 13.4. The first-order valence-corrected chi connectivity index (χ1v) is 9.12. The third-order valence-corrected chi connectivity index (χ3v) is 5.14. The number of carbonyl (C=O) groups excluding carboxylic acids is 1. The maximum absolute atomic E-state index is 12.1. The van der Waals surface area contributed by atoms with Crippen molar-refractivity contribution in [2.75, 3.05) is 11.1 Å². The first-order chi connectivity index (χ1) is 11.8. The molecule has 0 unspecified atom stereocenters. The highest BCUT2D eigenvalue weighted by molar-refractivity contribution is 7.91. The van der Waals surface area contributed by atoms with Crippen molar-refractivity contribution >= 4 is 21.4 Å². The monoisotopic (exact) mass is 369 g/mol. The van der Waals surface area contributed by atoms with E-state index in [0.29, 0.717) is 11.3 Å². The molecular formula is C17H17F2NO4S. The minimum atomic E-state index is -3.28. The van der Waals surface area contributed by atoms with Crippen LogP contribution in [0.15, 0.2) is 53.4 Å². The molecule has 1 N–H and O–H groups in total. The molecule has 0 fully saturated rings. The van der Waals surface area contributed by atoms with Gasteiger partial charge in [-0.05, 0) is 42.0 Å². The molecule has 0 aliphatic carbocycles. The topological polar surface area (TPSA) is 72.5 Å². The highest BCUT2D eigenvalue weighted by Gasteiger charge is 2.11. The molecule has 0 bridgehead atoms. The van der Waals surface area contributed by atoms with Crippen molar-refractivity contribution in [1.29, 1.82) is 0 Å². The van der Waals surface area contributed by atoms with E-state index < -0.39 is 16.4 Å². The molecular weight excluding hydrogens is 352 g/mol. The summed E-state index contributed by atoms with van der Waals surface area (Å²) in [5.74, 6) is -0.287. The summed E-state index contributed by atoms with van der Waals surface area (Å²) in [5, 5.41) is 2.65. The molecule has 1 amide bonds. The third kappa shape index (κ3) is 5.53. The first kappa shape index (κ1) is 18.9. The Bertz CT molecular complexity index is 819. The predicted octanol–water partition coefficient (Wildman–Crippen LogP) is 3.26. The summed E-state index contributed by atoms with van der Waals surface area (Å²) >= 11 is 0. The van der Waals surface area contributed by atoms with Gasteiger partial charge in [-0.15, -0.1) is 0 Å². The second kappa shape index (κ2) is 8.06. The van der Waals surface area contributed by atoms with E-state index in [2.05, 4.69) is 10.1 Å². The summed E-state index contributed by atoms with van der Waals surface area (Å²) in [4.78, 5) is 12.2. The molecule has 134 valence electrons. The van der Waals surface area contributed by atoms with Gasteiger partial charge in [0.25, 0.3) is 0 Å². The molecule has 0 aliphatic heterocycles. The Balaban J connectivity index is 1.96. The molecule has 2 rings (SSSR count). The largest absolute Gasteiger partial charge is 0.435 e. The lowest BCUT2D eigenvalue weighted by atomic mass is 10.1. The van der Waals surface area contributed by atoms with E-state index in [0.717, 1.165) is 0 Å². The normalized spacial score (nSPS) is 11.4. The zero-order chi connectivity index (χ0) is 18.4. The van der Waals surface area contributed by atoms with Crippen molar-refractivity contribution < 1.29 is 26.7 Å². The first-order valence-electron chi connectivity index (χ1n) is 7.46. The summed E-state index contributed by atoms with van der Waals surface area (Å²) in [6, 6.07) is 11.7. The number of rotatable bonds is 7. The van der Waals surface area contributed by atoms with E-state index in [9.17, 15) is 22.0 Å². The van der Waals surface area contributed by atoms with Crippen LogP contribution in [-0.4, -0.2) is 26.7 Å². The number of anilines is 1. The smallest absolute Gasteiger partial charge is 0.387 e. The van der Waals surface area contributed by atoms with Crippen LogP contribution >= 0.6 is 0 Å². The van der Waals surface area contributed by atoms with Crippen LogP contribution in [0.4, 0.5) is 14.5 Å². The summed E-state index contributed by atoms with van der Waals surface area (Å²) in [5.41, 5.74) is 1.10. The molecule has 0 aliphatic rings. The van der Waals surface area contributed by atoms with Gasteiger partial charge in [-0.1, -0.05) is 19.1 Å². The highest BCUT2D eigenvalue weighted by Crippen LogP contribution is 2.17. The molecule has 0 spiro atoms. The Hall–Kier alpha value is -2.48. The Labute approximate surface area is 144 Å². The maximum Gasteiger partial charge on any atom is 0.387 e.